The van der Waals surface area contributed by atoms with Gasteiger partial charge in [0, 0.05) is 0 Å². The Morgan fingerprint density at radius 2 is 1.73 bits per heavy atom. The van der Waals surface area contributed by atoms with Crippen molar-refractivity contribution in [1.82, 2.24) is 0 Å². The minimum Gasteiger partial charge on any atom is -0.308 e. The Bertz CT molecular complexity index is 310. The first-order valence-corrected chi connectivity index (χ1v) is 8.85. The van der Waals surface area contributed by atoms with Crippen molar-refractivity contribution in [1.29, 1.82) is 0 Å². The van der Waals surface area contributed by atoms with Crippen LogP contribution in [-0.4, -0.2) is 22.2 Å². The molecular weight excluding hydrogens is 249 g/mol. The molecule has 0 aliphatic heterocycles. The van der Waals surface area contributed by atoms with Crippen molar-refractivity contribution >= 4 is 18.4 Å². The largest absolute Gasteiger partial charge is 0.522 e. The van der Waals surface area contributed by atoms with E-state index in [9.17, 15) is 21.6 Å². The summed E-state index contributed by atoms with van der Waals surface area (Å²) in [5.74, 6) is 0. The van der Waals surface area contributed by atoms with Crippen molar-refractivity contribution in [3.05, 3.63) is 0 Å². The molecule has 0 bridgehead atoms. The van der Waals surface area contributed by atoms with Crippen LogP contribution in [0.15, 0.2) is 0 Å². The molecule has 0 aliphatic rings. The van der Waals surface area contributed by atoms with E-state index in [1.807, 2.05) is 0 Å². The Hall–Kier alpha value is -0.0831. The minimum absolute atomic E-state index is 0.158. The molecule has 92 valence electrons. The van der Waals surface area contributed by atoms with E-state index < -0.39 is 23.9 Å². The van der Waals surface area contributed by atoms with Crippen molar-refractivity contribution in [3.63, 3.8) is 0 Å². The molecule has 0 aromatic heterocycles. The van der Waals surface area contributed by atoms with Crippen LogP contribution in [0.25, 0.3) is 0 Å². The Balaban J connectivity index is 4.90. The summed E-state index contributed by atoms with van der Waals surface area (Å²) in [4.78, 5) is 0. The van der Waals surface area contributed by atoms with Crippen molar-refractivity contribution in [2.45, 2.75) is 44.4 Å². The minimum atomic E-state index is -5.45. The molecule has 0 aliphatic carbocycles. The maximum atomic E-state index is 12.0. The molecule has 0 aromatic carbocycles. The van der Waals surface area contributed by atoms with Crippen molar-refractivity contribution in [2.24, 2.45) is 0 Å². The lowest BCUT2D eigenvalue weighted by atomic mass is 10.4. The molecule has 1 atom stereocenters. The number of rotatable bonds is 4. The highest BCUT2D eigenvalue weighted by molar-refractivity contribution is 7.88. The van der Waals surface area contributed by atoms with E-state index in [4.69, 9.17) is 0 Å². The van der Waals surface area contributed by atoms with E-state index in [-0.39, 0.29) is 5.54 Å². The molecule has 0 saturated carbocycles. The summed E-state index contributed by atoms with van der Waals surface area (Å²) in [7, 11) is -8.31. The van der Waals surface area contributed by atoms with Crippen molar-refractivity contribution < 1.29 is 25.5 Å². The molecule has 0 amide bonds. The summed E-state index contributed by atoms with van der Waals surface area (Å²) >= 11 is 0. The van der Waals surface area contributed by atoms with Gasteiger partial charge in [-0.1, -0.05) is 20.3 Å². The fourth-order valence-corrected chi connectivity index (χ4v) is 5.18. The number of alkyl halides is 3. The van der Waals surface area contributed by atoms with E-state index >= 15 is 0 Å². The second kappa shape index (κ2) is 4.42. The molecule has 15 heavy (non-hydrogen) atoms. The average molecular weight is 264 g/mol. The van der Waals surface area contributed by atoms with Gasteiger partial charge in [-0.3, -0.25) is 0 Å². The zero-order valence-corrected chi connectivity index (χ0v) is 10.9. The van der Waals surface area contributed by atoms with E-state index in [1.54, 1.807) is 13.8 Å². The van der Waals surface area contributed by atoms with Gasteiger partial charge in [-0.25, -0.2) is 0 Å². The Labute approximate surface area is 88.9 Å². The SMILES string of the molecule is CCC(C)[Si](C)(C)OS(=O)(=O)C(F)(F)F. The van der Waals surface area contributed by atoms with Gasteiger partial charge < -0.3 is 3.87 Å². The van der Waals surface area contributed by atoms with Gasteiger partial charge in [0.1, 0.15) is 0 Å². The predicted octanol–water partition coefficient (Wildman–Crippen LogP) is 2.86. The molecule has 0 fully saturated rings. The van der Waals surface area contributed by atoms with E-state index in [1.165, 1.54) is 13.1 Å². The van der Waals surface area contributed by atoms with E-state index in [0.717, 1.165) is 0 Å². The average Bonchev–Trinajstić information content (AvgIpc) is 1.98. The van der Waals surface area contributed by atoms with Gasteiger partial charge in [-0.2, -0.15) is 21.6 Å². The van der Waals surface area contributed by atoms with Gasteiger partial charge >= 0.3 is 15.6 Å². The third kappa shape index (κ3) is 3.76. The summed E-state index contributed by atoms with van der Waals surface area (Å²) in [6.07, 6.45) is 0.590. The highest BCUT2D eigenvalue weighted by Gasteiger charge is 2.51. The maximum absolute atomic E-state index is 12.0. The van der Waals surface area contributed by atoms with Crippen LogP contribution < -0.4 is 0 Å². The third-order valence-electron chi connectivity index (χ3n) is 2.41. The maximum Gasteiger partial charge on any atom is 0.522 e. The summed E-state index contributed by atoms with van der Waals surface area (Å²) < 4.78 is 62.0. The lowest BCUT2D eigenvalue weighted by Gasteiger charge is -2.28. The standard InChI is InChI=1S/C7H15F3O3SSi/c1-5-6(2)15(3,4)13-14(11,12)7(8,9)10/h6H,5H2,1-4H3. The number of hydrogen-bond acceptors (Lipinski definition) is 3. The molecule has 0 radical (unpaired) electrons. The van der Waals surface area contributed by atoms with Gasteiger partial charge in [0.05, 0.1) is 0 Å². The molecule has 0 aromatic rings. The predicted molar refractivity (Wildman–Crippen MR) is 53.3 cm³/mol. The second-order valence-electron chi connectivity index (χ2n) is 3.90. The molecule has 0 heterocycles. The summed E-state index contributed by atoms with van der Waals surface area (Å²) in [5, 5.41) is 0. The van der Waals surface area contributed by atoms with Crippen LogP contribution in [0.4, 0.5) is 13.2 Å². The van der Waals surface area contributed by atoms with Crippen LogP contribution >= 0.6 is 0 Å². The van der Waals surface area contributed by atoms with Gasteiger partial charge in [0.25, 0.3) is 0 Å². The first kappa shape index (κ1) is 14.9. The summed E-state index contributed by atoms with van der Waals surface area (Å²) in [6, 6.07) is 0. The van der Waals surface area contributed by atoms with Crippen molar-refractivity contribution in [3.8, 4) is 0 Å². The van der Waals surface area contributed by atoms with Gasteiger partial charge in [-0.05, 0) is 18.6 Å². The topological polar surface area (TPSA) is 43.4 Å². The fraction of sp³-hybridized carbons (Fsp3) is 1.00. The monoisotopic (exact) mass is 264 g/mol. The number of hydrogen-bond donors (Lipinski definition) is 0. The van der Waals surface area contributed by atoms with Crippen LogP contribution in [0.1, 0.15) is 20.3 Å². The first-order chi connectivity index (χ1) is 6.44. The molecule has 8 heteroatoms. The molecule has 0 N–H and O–H groups in total. The lowest BCUT2D eigenvalue weighted by molar-refractivity contribution is -0.0504. The van der Waals surface area contributed by atoms with Gasteiger partial charge in [0.2, 0.25) is 8.32 Å². The highest BCUT2D eigenvalue weighted by Crippen LogP contribution is 2.33. The Kier molecular flexibility index (Phi) is 4.40. The van der Waals surface area contributed by atoms with Crippen LogP contribution in [0.3, 0.4) is 0 Å². The van der Waals surface area contributed by atoms with Crippen LogP contribution in [0.2, 0.25) is 18.6 Å². The summed E-state index contributed by atoms with van der Waals surface area (Å²) in [5.41, 5.74) is -5.49. The van der Waals surface area contributed by atoms with Crippen molar-refractivity contribution in [2.75, 3.05) is 0 Å². The number of halogens is 3. The first-order valence-electron chi connectivity index (χ1n) is 4.46. The Morgan fingerprint density at radius 3 is 2.00 bits per heavy atom. The third-order valence-corrected chi connectivity index (χ3v) is 8.35. The Morgan fingerprint density at radius 1 is 1.33 bits per heavy atom. The second-order valence-corrected chi connectivity index (χ2v) is 10.1. The van der Waals surface area contributed by atoms with Crippen LogP contribution in [0.5, 0.6) is 0 Å². The van der Waals surface area contributed by atoms with E-state index in [2.05, 4.69) is 3.87 Å². The van der Waals surface area contributed by atoms with Gasteiger partial charge in [-0.15, -0.1) is 0 Å². The van der Waals surface area contributed by atoms with Crippen LogP contribution in [-0.2, 0) is 14.0 Å². The molecule has 3 nitrogen and oxygen atoms in total. The molecular formula is C7H15F3O3SSi. The normalized spacial score (nSPS) is 16.5. The fourth-order valence-electron chi connectivity index (χ4n) is 0.904. The zero-order valence-electron chi connectivity index (χ0n) is 9.05. The molecule has 0 spiro atoms. The quantitative estimate of drug-likeness (QED) is 0.579. The van der Waals surface area contributed by atoms with Crippen LogP contribution in [0, 0.1) is 0 Å². The zero-order chi connectivity index (χ0) is 12.5. The molecule has 0 saturated heterocycles. The summed E-state index contributed by atoms with van der Waals surface area (Å²) in [6.45, 7) is 6.40. The molecule has 1 unspecified atom stereocenters. The lowest BCUT2D eigenvalue weighted by Crippen LogP contribution is -2.41. The molecule has 0 rings (SSSR count). The van der Waals surface area contributed by atoms with E-state index in [0.29, 0.717) is 6.42 Å². The highest BCUT2D eigenvalue weighted by atomic mass is 32.2. The van der Waals surface area contributed by atoms with Gasteiger partial charge in [0.15, 0.2) is 0 Å². The smallest absolute Gasteiger partial charge is 0.308 e.